The first kappa shape index (κ1) is 21.8. The highest BCUT2D eigenvalue weighted by atomic mass is 32.1. The lowest BCUT2D eigenvalue weighted by atomic mass is 10.0. The minimum atomic E-state index is -0.111. The van der Waals surface area contributed by atoms with Gasteiger partial charge in [-0.2, -0.15) is 0 Å². The average Bonchev–Trinajstić information content (AvgIpc) is 3.55. The first-order valence-corrected chi connectivity index (χ1v) is 12.2. The molecule has 2 fully saturated rings. The van der Waals surface area contributed by atoms with Gasteiger partial charge >= 0.3 is 0 Å². The lowest BCUT2D eigenvalue weighted by Gasteiger charge is -2.31. The van der Waals surface area contributed by atoms with Crippen molar-refractivity contribution in [1.29, 1.82) is 0 Å². The van der Waals surface area contributed by atoms with Gasteiger partial charge in [-0.15, -0.1) is 0 Å². The van der Waals surface area contributed by atoms with Gasteiger partial charge in [0.05, 0.1) is 24.9 Å². The Balaban J connectivity index is 1.41. The van der Waals surface area contributed by atoms with Crippen molar-refractivity contribution in [2.75, 3.05) is 36.1 Å². The van der Waals surface area contributed by atoms with E-state index in [-0.39, 0.29) is 12.1 Å². The Bertz CT molecular complexity index is 1290. The fourth-order valence-corrected chi connectivity index (χ4v) is 5.26. The van der Waals surface area contributed by atoms with Crippen LogP contribution in [0.5, 0.6) is 0 Å². The molecule has 3 aromatic heterocycles. The summed E-state index contributed by atoms with van der Waals surface area (Å²) in [5.74, 6) is 0.868. The van der Waals surface area contributed by atoms with Crippen LogP contribution >= 0.6 is 12.2 Å². The zero-order chi connectivity index (χ0) is 23.6. The summed E-state index contributed by atoms with van der Waals surface area (Å²) in [4.78, 5) is 13.8. The molecule has 0 bridgehead atoms. The highest BCUT2D eigenvalue weighted by Gasteiger charge is 2.42. The van der Waals surface area contributed by atoms with Crippen molar-refractivity contribution >= 4 is 28.7 Å². The van der Waals surface area contributed by atoms with Crippen molar-refractivity contribution in [2.45, 2.75) is 12.1 Å². The van der Waals surface area contributed by atoms with Gasteiger partial charge in [0.1, 0.15) is 11.9 Å². The molecular weight excluding hydrogens is 456 g/mol. The molecule has 4 aromatic rings. The maximum absolute atomic E-state index is 5.90. The Labute approximate surface area is 210 Å². The Hall–Kier alpha value is -3.75. The van der Waals surface area contributed by atoms with Crippen LogP contribution in [0.25, 0.3) is 5.82 Å². The Morgan fingerprint density at radius 2 is 1.57 bits per heavy atom. The second kappa shape index (κ2) is 9.48. The third kappa shape index (κ3) is 4.15. The number of pyridine rings is 2. The van der Waals surface area contributed by atoms with Gasteiger partial charge in [0.2, 0.25) is 0 Å². The van der Waals surface area contributed by atoms with Crippen molar-refractivity contribution in [3.8, 4) is 5.82 Å². The molecule has 0 radical (unpaired) electrons. The number of anilines is 2. The molecule has 1 aromatic carbocycles. The molecule has 2 saturated heterocycles. The van der Waals surface area contributed by atoms with E-state index in [0.717, 1.165) is 49.2 Å². The van der Waals surface area contributed by atoms with Gasteiger partial charge in [-0.25, -0.2) is 4.98 Å². The molecule has 0 amide bonds. The zero-order valence-corrected chi connectivity index (χ0v) is 20.0. The van der Waals surface area contributed by atoms with Crippen LogP contribution in [0.4, 0.5) is 11.4 Å². The van der Waals surface area contributed by atoms with Crippen LogP contribution in [-0.2, 0) is 4.74 Å². The summed E-state index contributed by atoms with van der Waals surface area (Å²) in [5, 5.41) is 4.23. The minimum absolute atomic E-state index is 0.108. The van der Waals surface area contributed by atoms with Crippen molar-refractivity contribution in [1.82, 2.24) is 19.9 Å². The zero-order valence-electron chi connectivity index (χ0n) is 19.2. The molecule has 0 spiro atoms. The maximum atomic E-state index is 5.90. The first-order chi connectivity index (χ1) is 17.3. The predicted molar refractivity (Wildman–Crippen MR) is 141 cm³/mol. The maximum Gasteiger partial charge on any atom is 0.174 e. The van der Waals surface area contributed by atoms with E-state index in [2.05, 4.69) is 66.0 Å². The summed E-state index contributed by atoms with van der Waals surface area (Å²) in [6, 6.07) is 24.6. The van der Waals surface area contributed by atoms with E-state index < -0.39 is 0 Å². The predicted octanol–water partition coefficient (Wildman–Crippen LogP) is 4.28. The molecule has 2 atom stereocenters. The first-order valence-electron chi connectivity index (χ1n) is 11.8. The van der Waals surface area contributed by atoms with E-state index in [1.807, 2.05) is 55.0 Å². The second-order valence-electron chi connectivity index (χ2n) is 8.60. The Morgan fingerprint density at radius 3 is 2.29 bits per heavy atom. The number of nitrogens with one attached hydrogen (secondary N) is 1. The molecule has 5 heterocycles. The molecule has 0 unspecified atom stereocenters. The van der Waals surface area contributed by atoms with Gasteiger partial charge in [0.25, 0.3) is 0 Å². The number of nitrogens with zero attached hydrogens (tertiary/aromatic N) is 5. The lowest BCUT2D eigenvalue weighted by molar-refractivity contribution is 0.122. The SMILES string of the molecule is S=C1N[C@H](c2ccccn2)[C@H](c2cccn2-c2ccccn2)N1c1ccc(N2CCOCC2)cc1. The third-order valence-electron chi connectivity index (χ3n) is 6.58. The quantitative estimate of drug-likeness (QED) is 0.426. The largest absolute Gasteiger partial charge is 0.378 e. The van der Waals surface area contributed by atoms with Gasteiger partial charge in [-0.1, -0.05) is 12.1 Å². The summed E-state index contributed by atoms with van der Waals surface area (Å²) in [5.41, 5.74) is 4.27. The number of morpholine rings is 1. The fraction of sp³-hybridized carbons (Fsp3) is 0.222. The smallest absolute Gasteiger partial charge is 0.174 e. The van der Waals surface area contributed by atoms with Gasteiger partial charge in [-0.3, -0.25) is 4.98 Å². The Morgan fingerprint density at radius 1 is 0.829 bits per heavy atom. The molecule has 35 heavy (non-hydrogen) atoms. The third-order valence-corrected chi connectivity index (χ3v) is 6.90. The van der Waals surface area contributed by atoms with Crippen molar-refractivity contribution in [3.63, 3.8) is 0 Å². The normalized spacial score (nSPS) is 20.2. The van der Waals surface area contributed by atoms with Crippen LogP contribution in [-0.4, -0.2) is 46.0 Å². The van der Waals surface area contributed by atoms with Gasteiger partial charge in [0.15, 0.2) is 5.11 Å². The molecule has 0 aliphatic carbocycles. The molecule has 8 heteroatoms. The summed E-state index contributed by atoms with van der Waals surface area (Å²) in [6.07, 6.45) is 5.69. The van der Waals surface area contributed by atoms with Crippen LogP contribution in [0.3, 0.4) is 0 Å². The minimum Gasteiger partial charge on any atom is -0.378 e. The van der Waals surface area contributed by atoms with Crippen molar-refractivity contribution < 1.29 is 4.74 Å². The van der Waals surface area contributed by atoms with E-state index in [9.17, 15) is 0 Å². The number of hydrogen-bond acceptors (Lipinski definition) is 5. The molecule has 6 rings (SSSR count). The van der Waals surface area contributed by atoms with E-state index in [0.29, 0.717) is 5.11 Å². The number of ether oxygens (including phenoxy) is 1. The van der Waals surface area contributed by atoms with E-state index in [4.69, 9.17) is 17.0 Å². The van der Waals surface area contributed by atoms with E-state index in [1.165, 1.54) is 5.69 Å². The van der Waals surface area contributed by atoms with Gasteiger partial charge < -0.3 is 24.4 Å². The number of rotatable bonds is 5. The number of hydrogen-bond donors (Lipinski definition) is 1. The monoisotopic (exact) mass is 482 g/mol. The average molecular weight is 483 g/mol. The van der Waals surface area contributed by atoms with Crippen LogP contribution in [0.1, 0.15) is 23.5 Å². The van der Waals surface area contributed by atoms with Crippen molar-refractivity contribution in [2.24, 2.45) is 0 Å². The molecule has 176 valence electrons. The van der Waals surface area contributed by atoms with E-state index >= 15 is 0 Å². The molecule has 1 N–H and O–H groups in total. The topological polar surface area (TPSA) is 58.5 Å². The molecule has 2 aliphatic rings. The van der Waals surface area contributed by atoms with Crippen LogP contribution in [0, 0.1) is 0 Å². The van der Waals surface area contributed by atoms with E-state index in [1.54, 1.807) is 0 Å². The van der Waals surface area contributed by atoms with Gasteiger partial charge in [-0.05, 0) is 72.9 Å². The number of benzene rings is 1. The highest BCUT2D eigenvalue weighted by molar-refractivity contribution is 7.80. The van der Waals surface area contributed by atoms with Crippen LogP contribution in [0.2, 0.25) is 0 Å². The number of aromatic nitrogens is 3. The molecule has 0 saturated carbocycles. The fourth-order valence-electron chi connectivity index (χ4n) is 4.92. The molecule has 7 nitrogen and oxygen atoms in total. The lowest BCUT2D eigenvalue weighted by Crippen LogP contribution is -2.36. The summed E-state index contributed by atoms with van der Waals surface area (Å²) >= 11 is 5.90. The Kier molecular flexibility index (Phi) is 5.89. The summed E-state index contributed by atoms with van der Waals surface area (Å²) < 4.78 is 7.64. The number of thiocarbonyl (C=S) groups is 1. The summed E-state index contributed by atoms with van der Waals surface area (Å²) in [6.45, 7) is 3.34. The standard InChI is InChI=1S/C27H26N6OS/c35-27-30-25(22-6-1-3-13-28-22)26(23-7-5-15-32(23)24-8-2-4-14-29-24)33(27)21-11-9-20(10-12-21)31-16-18-34-19-17-31/h1-15,25-26H,16-19H2,(H,30,35)/t25-,26+/m1/s1. The van der Waals surface area contributed by atoms with Crippen molar-refractivity contribution in [3.05, 3.63) is 103 Å². The summed E-state index contributed by atoms with van der Waals surface area (Å²) in [7, 11) is 0. The second-order valence-corrected chi connectivity index (χ2v) is 8.99. The highest BCUT2D eigenvalue weighted by Crippen LogP contribution is 2.42. The van der Waals surface area contributed by atoms with Crippen LogP contribution < -0.4 is 15.1 Å². The molecule has 2 aliphatic heterocycles. The molecular formula is C27H26N6OS. The van der Waals surface area contributed by atoms with Crippen LogP contribution in [0.15, 0.2) is 91.4 Å². The van der Waals surface area contributed by atoms with Gasteiger partial charge in [0, 0.05) is 48.7 Å².